The van der Waals surface area contributed by atoms with Crippen molar-refractivity contribution in [3.8, 4) is 0 Å². The molecule has 2 aromatic rings. The second-order valence-electron chi connectivity index (χ2n) is 4.68. The van der Waals surface area contributed by atoms with Gasteiger partial charge < -0.3 is 5.32 Å². The third-order valence-electron chi connectivity index (χ3n) is 3.23. The molecule has 0 saturated carbocycles. The molecule has 1 unspecified atom stereocenters. The standard InChI is InChI=1S/C16H16BrClFN/c1-11(14-7-6-13(17)10-15(14)18)20-9-8-12-4-2-3-5-16(12)19/h2-7,10-11,20H,8-9H2,1H3. The molecule has 1 N–H and O–H groups in total. The first kappa shape index (κ1) is 15.5. The zero-order valence-electron chi connectivity index (χ0n) is 11.2. The molecule has 0 heterocycles. The van der Waals surface area contributed by atoms with E-state index in [2.05, 4.69) is 28.2 Å². The SMILES string of the molecule is CC(NCCc1ccccc1F)c1ccc(Br)cc1Cl. The summed E-state index contributed by atoms with van der Waals surface area (Å²) in [4.78, 5) is 0. The molecule has 0 fully saturated rings. The van der Waals surface area contributed by atoms with Gasteiger partial charge in [0.2, 0.25) is 0 Å². The second-order valence-corrected chi connectivity index (χ2v) is 6.01. The van der Waals surface area contributed by atoms with Gasteiger partial charge in [0.05, 0.1) is 0 Å². The molecule has 0 aliphatic rings. The number of nitrogens with one attached hydrogen (secondary N) is 1. The van der Waals surface area contributed by atoms with E-state index in [1.807, 2.05) is 30.3 Å². The van der Waals surface area contributed by atoms with E-state index < -0.39 is 0 Å². The second kappa shape index (κ2) is 7.21. The largest absolute Gasteiger partial charge is 0.310 e. The number of rotatable bonds is 5. The molecule has 1 nitrogen and oxygen atoms in total. The molecular formula is C16H16BrClFN. The molecule has 1 atom stereocenters. The Bertz CT molecular complexity index is 588. The Morgan fingerprint density at radius 1 is 1.25 bits per heavy atom. The van der Waals surface area contributed by atoms with Gasteiger partial charge in [0.25, 0.3) is 0 Å². The fourth-order valence-electron chi connectivity index (χ4n) is 2.09. The monoisotopic (exact) mass is 355 g/mol. The lowest BCUT2D eigenvalue weighted by molar-refractivity contribution is 0.559. The molecule has 2 aromatic carbocycles. The van der Waals surface area contributed by atoms with Crippen LogP contribution in [0.3, 0.4) is 0 Å². The van der Waals surface area contributed by atoms with Gasteiger partial charge in [0, 0.05) is 15.5 Å². The van der Waals surface area contributed by atoms with Crippen molar-refractivity contribution < 1.29 is 4.39 Å². The minimum Gasteiger partial charge on any atom is -0.310 e. The smallest absolute Gasteiger partial charge is 0.126 e. The first-order chi connectivity index (χ1) is 9.58. The van der Waals surface area contributed by atoms with E-state index in [9.17, 15) is 4.39 Å². The Balaban J connectivity index is 1.92. The highest BCUT2D eigenvalue weighted by molar-refractivity contribution is 9.10. The fraction of sp³-hybridized carbons (Fsp3) is 0.250. The van der Waals surface area contributed by atoms with E-state index in [0.717, 1.165) is 20.6 Å². The molecule has 0 spiro atoms. The number of hydrogen-bond donors (Lipinski definition) is 1. The maximum absolute atomic E-state index is 13.5. The van der Waals surface area contributed by atoms with E-state index in [1.165, 1.54) is 6.07 Å². The molecule has 0 aliphatic carbocycles. The summed E-state index contributed by atoms with van der Waals surface area (Å²) >= 11 is 9.61. The molecule has 0 radical (unpaired) electrons. The number of halogens is 3. The van der Waals surface area contributed by atoms with Crippen molar-refractivity contribution in [1.29, 1.82) is 0 Å². The fourth-order valence-corrected chi connectivity index (χ4v) is 2.92. The molecule has 0 amide bonds. The minimum atomic E-state index is -0.149. The van der Waals surface area contributed by atoms with E-state index in [1.54, 1.807) is 6.07 Å². The van der Waals surface area contributed by atoms with Gasteiger partial charge in [-0.2, -0.15) is 0 Å². The predicted molar refractivity (Wildman–Crippen MR) is 85.7 cm³/mol. The van der Waals surface area contributed by atoms with Gasteiger partial charge in [-0.1, -0.05) is 51.8 Å². The van der Waals surface area contributed by atoms with Gasteiger partial charge in [-0.05, 0) is 49.2 Å². The Hall–Kier alpha value is -0.900. The lowest BCUT2D eigenvalue weighted by atomic mass is 10.1. The molecule has 4 heteroatoms. The van der Waals surface area contributed by atoms with Gasteiger partial charge in [0.1, 0.15) is 5.82 Å². The van der Waals surface area contributed by atoms with Crippen LogP contribution in [0.4, 0.5) is 4.39 Å². The Labute approximate surface area is 132 Å². The van der Waals surface area contributed by atoms with Gasteiger partial charge in [0.15, 0.2) is 0 Å². The van der Waals surface area contributed by atoms with Crippen molar-refractivity contribution >= 4 is 27.5 Å². The van der Waals surface area contributed by atoms with E-state index >= 15 is 0 Å². The minimum absolute atomic E-state index is 0.127. The Morgan fingerprint density at radius 2 is 2.00 bits per heavy atom. The van der Waals surface area contributed by atoms with Crippen molar-refractivity contribution in [2.24, 2.45) is 0 Å². The maximum atomic E-state index is 13.5. The normalized spacial score (nSPS) is 12.4. The molecule has 106 valence electrons. The summed E-state index contributed by atoms with van der Waals surface area (Å²) < 4.78 is 14.5. The molecule has 20 heavy (non-hydrogen) atoms. The lowest BCUT2D eigenvalue weighted by Gasteiger charge is -2.16. The summed E-state index contributed by atoms with van der Waals surface area (Å²) in [5.41, 5.74) is 1.78. The van der Waals surface area contributed by atoms with Crippen LogP contribution >= 0.6 is 27.5 Å². The summed E-state index contributed by atoms with van der Waals surface area (Å²) in [6, 6.07) is 12.8. The predicted octanol–water partition coefficient (Wildman–Crippen LogP) is 5.13. The molecule has 0 saturated heterocycles. The van der Waals surface area contributed by atoms with Crippen molar-refractivity contribution in [3.05, 3.63) is 68.9 Å². The summed E-state index contributed by atoms with van der Waals surface area (Å²) in [7, 11) is 0. The topological polar surface area (TPSA) is 12.0 Å². The van der Waals surface area contributed by atoms with Crippen LogP contribution in [0, 0.1) is 5.82 Å². The molecule has 0 bridgehead atoms. The van der Waals surface area contributed by atoms with Crippen LogP contribution in [-0.2, 0) is 6.42 Å². The number of hydrogen-bond acceptors (Lipinski definition) is 1. The maximum Gasteiger partial charge on any atom is 0.126 e. The van der Waals surface area contributed by atoms with Crippen LogP contribution in [0.25, 0.3) is 0 Å². The summed E-state index contributed by atoms with van der Waals surface area (Å²) in [5.74, 6) is -0.149. The Morgan fingerprint density at radius 3 is 2.70 bits per heavy atom. The van der Waals surface area contributed by atoms with E-state index in [0.29, 0.717) is 13.0 Å². The van der Waals surface area contributed by atoms with Crippen LogP contribution in [0.2, 0.25) is 5.02 Å². The highest BCUT2D eigenvalue weighted by Gasteiger charge is 2.09. The van der Waals surface area contributed by atoms with E-state index in [-0.39, 0.29) is 11.9 Å². The molecule has 0 aromatic heterocycles. The van der Waals surface area contributed by atoms with Crippen molar-refractivity contribution in [2.75, 3.05) is 6.54 Å². The summed E-state index contributed by atoms with van der Waals surface area (Å²) in [6.45, 7) is 2.75. The quantitative estimate of drug-likeness (QED) is 0.782. The molecule has 2 rings (SSSR count). The molecule has 0 aliphatic heterocycles. The van der Waals surface area contributed by atoms with Gasteiger partial charge in [-0.25, -0.2) is 4.39 Å². The van der Waals surface area contributed by atoms with Gasteiger partial charge in [-0.15, -0.1) is 0 Å². The number of benzene rings is 2. The van der Waals surface area contributed by atoms with Crippen LogP contribution < -0.4 is 5.32 Å². The zero-order chi connectivity index (χ0) is 14.5. The third kappa shape index (κ3) is 4.05. The van der Waals surface area contributed by atoms with Crippen molar-refractivity contribution in [3.63, 3.8) is 0 Å². The average Bonchev–Trinajstić information content (AvgIpc) is 2.40. The third-order valence-corrected chi connectivity index (χ3v) is 4.05. The van der Waals surface area contributed by atoms with Gasteiger partial charge >= 0.3 is 0 Å². The first-order valence-corrected chi connectivity index (χ1v) is 7.67. The lowest BCUT2D eigenvalue weighted by Crippen LogP contribution is -2.21. The average molecular weight is 357 g/mol. The van der Waals surface area contributed by atoms with Crippen LogP contribution in [-0.4, -0.2) is 6.54 Å². The first-order valence-electron chi connectivity index (χ1n) is 6.49. The van der Waals surface area contributed by atoms with E-state index in [4.69, 9.17) is 11.6 Å². The van der Waals surface area contributed by atoms with Crippen molar-refractivity contribution in [1.82, 2.24) is 5.32 Å². The highest BCUT2D eigenvalue weighted by atomic mass is 79.9. The van der Waals surface area contributed by atoms with Crippen LogP contribution in [0.1, 0.15) is 24.1 Å². The highest BCUT2D eigenvalue weighted by Crippen LogP contribution is 2.26. The van der Waals surface area contributed by atoms with Crippen LogP contribution in [0.5, 0.6) is 0 Å². The molecular weight excluding hydrogens is 341 g/mol. The van der Waals surface area contributed by atoms with Crippen molar-refractivity contribution in [2.45, 2.75) is 19.4 Å². The van der Waals surface area contributed by atoms with Gasteiger partial charge in [-0.3, -0.25) is 0 Å². The zero-order valence-corrected chi connectivity index (χ0v) is 13.5. The Kier molecular flexibility index (Phi) is 5.58. The summed E-state index contributed by atoms with van der Waals surface area (Å²) in [5, 5.41) is 4.10. The summed E-state index contributed by atoms with van der Waals surface area (Å²) in [6.07, 6.45) is 0.658. The van der Waals surface area contributed by atoms with Crippen LogP contribution in [0.15, 0.2) is 46.9 Å².